The Morgan fingerprint density at radius 3 is 2.89 bits per heavy atom. The van der Waals surface area contributed by atoms with E-state index in [4.69, 9.17) is 19.5 Å². The number of primary amides is 1. The average molecular weight is 396 g/mol. The summed E-state index contributed by atoms with van der Waals surface area (Å²) in [6.07, 6.45) is 2.18. The van der Waals surface area contributed by atoms with Crippen molar-refractivity contribution in [2.45, 2.75) is 32.1 Å². The van der Waals surface area contributed by atoms with Crippen molar-refractivity contribution in [2.24, 2.45) is 5.73 Å². The van der Waals surface area contributed by atoms with Crippen molar-refractivity contribution in [3.8, 4) is 5.75 Å². The molecule has 3 unspecified atom stereocenters. The fourth-order valence-corrected chi connectivity index (χ4v) is 4.03. The smallest absolute Gasteiger partial charge is 0.363 e. The predicted octanol–water partition coefficient (Wildman–Crippen LogP) is 1.43. The average Bonchev–Trinajstić information content (AvgIpc) is 3.30. The predicted molar refractivity (Wildman–Crippen MR) is 97.5 cm³/mol. The van der Waals surface area contributed by atoms with Crippen molar-refractivity contribution in [1.29, 1.82) is 0 Å². The fourth-order valence-electron chi connectivity index (χ4n) is 2.64. The van der Waals surface area contributed by atoms with Crippen LogP contribution >= 0.6 is 8.09 Å². The molecule has 1 saturated heterocycles. The number of ether oxygens (including phenoxy) is 1. The van der Waals surface area contributed by atoms with Crippen molar-refractivity contribution < 1.29 is 23.5 Å². The van der Waals surface area contributed by atoms with Gasteiger partial charge in [-0.1, -0.05) is 18.2 Å². The Bertz CT molecular complexity index is 761. The Hall–Kier alpha value is -2.10. The molecule has 2 heterocycles. The van der Waals surface area contributed by atoms with Crippen LogP contribution in [0.15, 0.2) is 36.7 Å². The SMILES string of the molecule is CCN[P+](O)(OCC1CCC(n2cnc(C(N)=O)n2)O1)Oc1ccccc1. The summed E-state index contributed by atoms with van der Waals surface area (Å²) in [6.45, 7) is 2.49. The molecule has 146 valence electrons. The number of benzene rings is 1. The molecule has 0 radical (unpaired) electrons. The van der Waals surface area contributed by atoms with Crippen LogP contribution in [0.4, 0.5) is 0 Å². The lowest BCUT2D eigenvalue weighted by atomic mass is 10.2. The van der Waals surface area contributed by atoms with Crippen molar-refractivity contribution in [3.63, 3.8) is 0 Å². The van der Waals surface area contributed by atoms with Crippen molar-refractivity contribution in [3.05, 3.63) is 42.5 Å². The van der Waals surface area contributed by atoms with E-state index in [1.54, 1.807) is 12.1 Å². The Morgan fingerprint density at radius 1 is 1.44 bits per heavy atom. The Labute approximate surface area is 157 Å². The highest BCUT2D eigenvalue weighted by Gasteiger charge is 2.44. The molecule has 1 aromatic heterocycles. The molecule has 1 fully saturated rings. The zero-order valence-corrected chi connectivity index (χ0v) is 15.8. The summed E-state index contributed by atoms with van der Waals surface area (Å²) in [5, 5.41) is 6.88. The molecule has 27 heavy (non-hydrogen) atoms. The number of aromatic nitrogens is 3. The summed E-state index contributed by atoms with van der Waals surface area (Å²) in [5.41, 5.74) is 5.16. The van der Waals surface area contributed by atoms with E-state index in [1.807, 2.05) is 25.1 Å². The highest BCUT2D eigenvalue weighted by molar-refractivity contribution is 7.58. The second-order valence-corrected chi connectivity index (χ2v) is 7.73. The Balaban J connectivity index is 1.55. The Kier molecular flexibility index (Phi) is 6.35. The Morgan fingerprint density at radius 2 is 2.22 bits per heavy atom. The number of nitrogens with two attached hydrogens (primary N) is 1. The van der Waals surface area contributed by atoms with Crippen molar-refractivity contribution in [1.82, 2.24) is 19.9 Å². The number of hydrogen-bond acceptors (Lipinski definition) is 8. The molecule has 1 amide bonds. The lowest BCUT2D eigenvalue weighted by Crippen LogP contribution is -2.26. The molecule has 4 N–H and O–H groups in total. The second-order valence-electron chi connectivity index (χ2n) is 5.93. The van der Waals surface area contributed by atoms with Gasteiger partial charge in [0, 0.05) is 6.54 Å². The quantitative estimate of drug-likeness (QED) is 0.542. The largest absolute Gasteiger partial charge is 0.543 e. The lowest BCUT2D eigenvalue weighted by molar-refractivity contribution is -0.0271. The van der Waals surface area contributed by atoms with Crippen LogP contribution < -0.4 is 15.3 Å². The van der Waals surface area contributed by atoms with Crippen LogP contribution in [0.2, 0.25) is 0 Å². The first-order chi connectivity index (χ1) is 13.0. The molecular formula is C16H23N5O5P+. The molecule has 0 saturated carbocycles. The molecule has 3 rings (SSSR count). The zero-order valence-electron chi connectivity index (χ0n) is 14.9. The standard InChI is InChI=1S/C16H22N5O5P/c1-2-19-27(23,26-12-6-4-3-5-7-12)24-10-13-8-9-14(25-13)21-11-18-16(20-21)15(17)22/h3-7,11,13-14,19,23H,2,8-10H2,1H3,(H-,17,22)/p+1. The molecule has 1 aliphatic rings. The highest BCUT2D eigenvalue weighted by Crippen LogP contribution is 2.52. The first-order valence-corrected chi connectivity index (χ1v) is 10.2. The van der Waals surface area contributed by atoms with E-state index in [0.717, 1.165) is 0 Å². The number of nitrogens with one attached hydrogen (secondary N) is 1. The van der Waals surface area contributed by atoms with Crippen molar-refractivity contribution in [2.75, 3.05) is 13.2 Å². The summed E-state index contributed by atoms with van der Waals surface area (Å²) in [4.78, 5) is 25.6. The van der Waals surface area contributed by atoms with E-state index in [2.05, 4.69) is 15.2 Å². The van der Waals surface area contributed by atoms with Crippen LogP contribution in [0, 0.1) is 0 Å². The van der Waals surface area contributed by atoms with E-state index in [-0.39, 0.29) is 24.8 Å². The first kappa shape index (κ1) is 19.7. The molecule has 10 nitrogen and oxygen atoms in total. The normalized spacial score (nSPS) is 21.7. The van der Waals surface area contributed by atoms with Gasteiger partial charge in [-0.25, -0.2) is 9.67 Å². The summed E-state index contributed by atoms with van der Waals surface area (Å²) >= 11 is 0. The van der Waals surface area contributed by atoms with Gasteiger partial charge < -0.3 is 10.5 Å². The number of carbonyl (C=O) groups excluding carboxylic acids is 1. The summed E-state index contributed by atoms with van der Waals surface area (Å²) in [7, 11) is -3.27. The van der Waals surface area contributed by atoms with Gasteiger partial charge in [0.1, 0.15) is 12.9 Å². The van der Waals surface area contributed by atoms with Crippen LogP contribution in [0.3, 0.4) is 0 Å². The van der Waals surface area contributed by atoms with E-state index in [1.165, 1.54) is 11.0 Å². The van der Waals surface area contributed by atoms with E-state index in [0.29, 0.717) is 25.1 Å². The lowest BCUT2D eigenvalue weighted by Gasteiger charge is -2.19. The van der Waals surface area contributed by atoms with Crippen LogP contribution in [0.1, 0.15) is 36.6 Å². The fraction of sp³-hybridized carbons (Fsp3) is 0.438. The maximum absolute atomic E-state index is 11.1. The van der Waals surface area contributed by atoms with Crippen LogP contribution in [0.5, 0.6) is 5.75 Å². The van der Waals surface area contributed by atoms with Gasteiger partial charge in [-0.15, -0.1) is 10.2 Å². The topological polar surface area (TPSA) is 134 Å². The van der Waals surface area contributed by atoms with Crippen LogP contribution in [-0.4, -0.2) is 44.8 Å². The third kappa shape index (κ3) is 5.21. The maximum atomic E-state index is 11.1. The van der Waals surface area contributed by atoms with E-state index in [9.17, 15) is 9.69 Å². The molecule has 11 heteroatoms. The van der Waals surface area contributed by atoms with Gasteiger partial charge in [0.05, 0.1) is 6.10 Å². The van der Waals surface area contributed by atoms with E-state index >= 15 is 0 Å². The van der Waals surface area contributed by atoms with Gasteiger partial charge in [0.15, 0.2) is 12.0 Å². The minimum absolute atomic E-state index is 0.0537. The van der Waals surface area contributed by atoms with E-state index < -0.39 is 14.0 Å². The highest BCUT2D eigenvalue weighted by atomic mass is 31.2. The molecule has 0 spiro atoms. The number of nitrogens with zero attached hydrogens (tertiary/aromatic N) is 3. The molecule has 3 atom stereocenters. The third-order valence-corrected chi connectivity index (χ3v) is 5.55. The number of carbonyl (C=O) groups is 1. The number of rotatable bonds is 9. The van der Waals surface area contributed by atoms with Gasteiger partial charge in [-0.05, 0) is 31.9 Å². The van der Waals surface area contributed by atoms with Gasteiger partial charge >= 0.3 is 8.09 Å². The van der Waals surface area contributed by atoms with Gasteiger partial charge in [-0.3, -0.25) is 9.32 Å². The number of para-hydroxylation sites is 1. The summed E-state index contributed by atoms with van der Waals surface area (Å²) < 4.78 is 18.7. The monoisotopic (exact) mass is 396 g/mol. The molecule has 2 aromatic rings. The molecule has 1 aromatic carbocycles. The number of hydrogen-bond donors (Lipinski definition) is 3. The molecule has 0 aliphatic carbocycles. The van der Waals surface area contributed by atoms with Gasteiger partial charge in [-0.2, -0.15) is 9.42 Å². The summed E-state index contributed by atoms with van der Waals surface area (Å²) in [6, 6.07) is 8.98. The van der Waals surface area contributed by atoms with Gasteiger partial charge in [0.25, 0.3) is 5.91 Å². The summed E-state index contributed by atoms with van der Waals surface area (Å²) in [5.74, 6) is -0.228. The first-order valence-electron chi connectivity index (χ1n) is 8.61. The minimum atomic E-state index is -3.27. The third-order valence-electron chi connectivity index (χ3n) is 3.87. The zero-order chi connectivity index (χ0) is 19.3. The van der Waals surface area contributed by atoms with Crippen molar-refractivity contribution >= 4 is 14.0 Å². The van der Waals surface area contributed by atoms with Gasteiger partial charge in [0.2, 0.25) is 5.82 Å². The van der Waals surface area contributed by atoms with Crippen LogP contribution in [-0.2, 0) is 9.26 Å². The molecule has 0 bridgehead atoms. The van der Waals surface area contributed by atoms with Crippen LogP contribution in [0.25, 0.3) is 0 Å². The molecular weight excluding hydrogens is 373 g/mol. The molecule has 1 aliphatic heterocycles. The second kappa shape index (κ2) is 8.73. The minimum Gasteiger partial charge on any atom is -0.363 e. The number of amides is 1. The maximum Gasteiger partial charge on any atom is 0.543 e.